The highest BCUT2D eigenvalue weighted by molar-refractivity contribution is 14.0. The maximum Gasteiger partial charge on any atom is 0.191 e. The molecule has 0 bridgehead atoms. The van der Waals surface area contributed by atoms with E-state index < -0.39 is 0 Å². The second kappa shape index (κ2) is 10.5. The lowest BCUT2D eigenvalue weighted by Crippen LogP contribution is -2.47. The fraction of sp³-hybridized carbons (Fsp3) is 0.524. The summed E-state index contributed by atoms with van der Waals surface area (Å²) in [6, 6.07) is 8.27. The lowest BCUT2D eigenvalue weighted by molar-refractivity contribution is 0.504. The second-order valence-electron chi connectivity index (χ2n) is 7.84. The Morgan fingerprint density at radius 2 is 2.00 bits per heavy atom. The number of hydrogen-bond donors (Lipinski definition) is 2. The number of nitrogens with one attached hydrogen (secondary N) is 2. The van der Waals surface area contributed by atoms with Crippen molar-refractivity contribution >= 4 is 41.5 Å². The Hall–Kier alpha value is -1.28. The van der Waals surface area contributed by atoms with Gasteiger partial charge in [-0.1, -0.05) is 37.6 Å². The van der Waals surface area contributed by atoms with Crippen molar-refractivity contribution in [1.29, 1.82) is 0 Å². The zero-order valence-corrected chi connectivity index (χ0v) is 21.0. The Morgan fingerprint density at radius 3 is 2.54 bits per heavy atom. The number of aliphatic imine (C=N–C) groups is 1. The zero-order valence-electron chi connectivity index (χ0n) is 17.9. The molecule has 1 atom stereocenters. The van der Waals surface area contributed by atoms with Crippen molar-refractivity contribution in [1.82, 2.24) is 20.4 Å². The Bertz CT molecular complexity index is 813. The van der Waals surface area contributed by atoms with E-state index >= 15 is 0 Å². The quantitative estimate of drug-likeness (QED) is 0.340. The standard InChI is InChI=1S/C21H32ClN5.HI/c1-14(11-19-15(2)26-27(7)16(19)3)25-20(23-6)24-13-21(4,5)17-9-8-10-18(22)12-17;/h8-10,12,14H,11,13H2,1-7H3,(H2,23,24,25);1H. The van der Waals surface area contributed by atoms with Crippen LogP contribution in [0.25, 0.3) is 0 Å². The van der Waals surface area contributed by atoms with Gasteiger partial charge in [-0.2, -0.15) is 5.10 Å². The van der Waals surface area contributed by atoms with Crippen molar-refractivity contribution in [2.45, 2.75) is 52.5 Å². The molecule has 7 heteroatoms. The van der Waals surface area contributed by atoms with E-state index in [4.69, 9.17) is 11.6 Å². The third-order valence-electron chi connectivity index (χ3n) is 5.08. The van der Waals surface area contributed by atoms with Crippen molar-refractivity contribution < 1.29 is 0 Å². The van der Waals surface area contributed by atoms with Crippen molar-refractivity contribution in [3.8, 4) is 0 Å². The van der Waals surface area contributed by atoms with Crippen LogP contribution in [0, 0.1) is 13.8 Å². The van der Waals surface area contributed by atoms with Gasteiger partial charge >= 0.3 is 0 Å². The predicted octanol–water partition coefficient (Wildman–Crippen LogP) is 4.38. The highest BCUT2D eigenvalue weighted by Gasteiger charge is 2.22. The van der Waals surface area contributed by atoms with E-state index in [2.05, 4.69) is 61.4 Å². The largest absolute Gasteiger partial charge is 0.356 e. The van der Waals surface area contributed by atoms with E-state index in [1.165, 1.54) is 16.8 Å². The van der Waals surface area contributed by atoms with E-state index in [1.807, 2.05) is 29.9 Å². The number of rotatable bonds is 6. The first-order chi connectivity index (χ1) is 12.6. The van der Waals surface area contributed by atoms with E-state index in [0.29, 0.717) is 0 Å². The Balaban J connectivity index is 0.00000392. The Kier molecular flexibility index (Phi) is 9.27. The van der Waals surface area contributed by atoms with Gasteiger partial charge in [0.1, 0.15) is 0 Å². The fourth-order valence-corrected chi connectivity index (χ4v) is 3.40. The molecule has 0 amide bonds. The molecule has 0 saturated heterocycles. The molecule has 1 aromatic heterocycles. The lowest BCUT2D eigenvalue weighted by atomic mass is 9.84. The van der Waals surface area contributed by atoms with E-state index in [0.717, 1.165) is 29.6 Å². The molecule has 156 valence electrons. The third kappa shape index (κ3) is 6.37. The van der Waals surface area contributed by atoms with Gasteiger partial charge in [-0.05, 0) is 50.5 Å². The van der Waals surface area contributed by atoms with Gasteiger partial charge in [0.2, 0.25) is 0 Å². The SMILES string of the molecule is CN=C(NCC(C)(C)c1cccc(Cl)c1)NC(C)Cc1c(C)nn(C)c1C.I. The summed E-state index contributed by atoms with van der Waals surface area (Å²) < 4.78 is 1.94. The Morgan fingerprint density at radius 1 is 1.32 bits per heavy atom. The number of benzene rings is 1. The summed E-state index contributed by atoms with van der Waals surface area (Å²) in [6.07, 6.45) is 0.907. The lowest BCUT2D eigenvalue weighted by Gasteiger charge is -2.28. The molecule has 5 nitrogen and oxygen atoms in total. The highest BCUT2D eigenvalue weighted by atomic mass is 127. The number of hydrogen-bond acceptors (Lipinski definition) is 2. The first kappa shape index (κ1) is 24.8. The molecule has 0 aliphatic carbocycles. The number of aromatic nitrogens is 2. The van der Waals surface area contributed by atoms with Gasteiger partial charge in [0.05, 0.1) is 5.69 Å². The molecule has 0 saturated carbocycles. The van der Waals surface area contributed by atoms with Gasteiger partial charge in [0.25, 0.3) is 0 Å². The maximum absolute atomic E-state index is 6.15. The van der Waals surface area contributed by atoms with E-state index in [1.54, 1.807) is 7.05 Å². The molecule has 0 radical (unpaired) electrons. The smallest absolute Gasteiger partial charge is 0.191 e. The average Bonchev–Trinajstić information content (AvgIpc) is 2.84. The number of guanidine groups is 1. The third-order valence-corrected chi connectivity index (χ3v) is 5.31. The van der Waals surface area contributed by atoms with Gasteiger partial charge in [0.15, 0.2) is 5.96 Å². The molecule has 1 unspecified atom stereocenters. The van der Waals surface area contributed by atoms with Crippen LogP contribution < -0.4 is 10.6 Å². The summed E-state index contributed by atoms with van der Waals surface area (Å²) in [5.74, 6) is 0.803. The van der Waals surface area contributed by atoms with Gasteiger partial charge in [-0.3, -0.25) is 9.67 Å². The van der Waals surface area contributed by atoms with E-state index in [-0.39, 0.29) is 35.4 Å². The van der Waals surface area contributed by atoms with Gasteiger partial charge in [-0.15, -0.1) is 24.0 Å². The van der Waals surface area contributed by atoms with Gasteiger partial charge < -0.3 is 10.6 Å². The minimum Gasteiger partial charge on any atom is -0.356 e. The van der Waals surface area contributed by atoms with Crippen LogP contribution in [-0.2, 0) is 18.9 Å². The van der Waals surface area contributed by atoms with Gasteiger partial charge in [-0.25, -0.2) is 0 Å². The first-order valence-corrected chi connectivity index (χ1v) is 9.74. The minimum atomic E-state index is -0.0672. The van der Waals surface area contributed by atoms with Crippen molar-refractivity contribution in [2.24, 2.45) is 12.0 Å². The second-order valence-corrected chi connectivity index (χ2v) is 8.28. The van der Waals surface area contributed by atoms with Crippen LogP contribution in [0.4, 0.5) is 0 Å². The Labute approximate surface area is 191 Å². The summed E-state index contributed by atoms with van der Waals surface area (Å²) in [7, 11) is 3.79. The van der Waals surface area contributed by atoms with Crippen LogP contribution in [0.15, 0.2) is 29.3 Å². The molecular weight excluding hydrogens is 485 g/mol. The van der Waals surface area contributed by atoms with Crippen molar-refractivity contribution in [3.63, 3.8) is 0 Å². The fourth-order valence-electron chi connectivity index (χ4n) is 3.21. The molecule has 0 aliphatic rings. The summed E-state index contributed by atoms with van der Waals surface area (Å²) in [6.45, 7) is 11.5. The van der Waals surface area contributed by atoms with Gasteiger partial charge in [0, 0.05) is 42.8 Å². The number of aryl methyl sites for hydroxylation is 2. The van der Waals surface area contributed by atoms with E-state index in [9.17, 15) is 0 Å². The first-order valence-electron chi connectivity index (χ1n) is 9.36. The average molecular weight is 518 g/mol. The highest BCUT2D eigenvalue weighted by Crippen LogP contribution is 2.24. The molecule has 1 heterocycles. The van der Waals surface area contributed by atoms with Crippen LogP contribution in [-0.4, -0.2) is 35.4 Å². The molecular formula is C21H33ClIN5. The topological polar surface area (TPSA) is 54.2 Å². The predicted molar refractivity (Wildman–Crippen MR) is 130 cm³/mol. The van der Waals surface area contributed by atoms with Crippen LogP contribution >= 0.6 is 35.6 Å². The van der Waals surface area contributed by atoms with Crippen LogP contribution in [0.1, 0.15) is 43.3 Å². The molecule has 0 fully saturated rings. The summed E-state index contributed by atoms with van der Waals surface area (Å²) in [4.78, 5) is 4.38. The summed E-state index contributed by atoms with van der Waals surface area (Å²) in [5, 5.41) is 12.2. The van der Waals surface area contributed by atoms with Crippen LogP contribution in [0.2, 0.25) is 5.02 Å². The van der Waals surface area contributed by atoms with Crippen molar-refractivity contribution in [2.75, 3.05) is 13.6 Å². The molecule has 1 aromatic carbocycles. The van der Waals surface area contributed by atoms with Crippen LogP contribution in [0.3, 0.4) is 0 Å². The molecule has 2 N–H and O–H groups in total. The number of halogens is 2. The maximum atomic E-state index is 6.15. The molecule has 2 aromatic rings. The molecule has 2 rings (SSSR count). The normalized spacial score (nSPS) is 13.1. The van der Waals surface area contributed by atoms with Crippen molar-refractivity contribution in [3.05, 3.63) is 51.8 Å². The molecule has 0 aliphatic heterocycles. The summed E-state index contributed by atoms with van der Waals surface area (Å²) in [5.41, 5.74) is 4.74. The minimum absolute atomic E-state index is 0. The molecule has 0 spiro atoms. The zero-order chi connectivity index (χ0) is 20.2. The summed E-state index contributed by atoms with van der Waals surface area (Å²) >= 11 is 6.15. The molecule has 28 heavy (non-hydrogen) atoms. The van der Waals surface area contributed by atoms with Crippen LogP contribution in [0.5, 0.6) is 0 Å². The number of nitrogens with zero attached hydrogens (tertiary/aromatic N) is 3. The monoisotopic (exact) mass is 517 g/mol.